The standard InChI is InChI=1S/C12H17N3O4S/c1-8(6-11(13)16)14-12(17)15-9-4-3-5-10(7-9)20(2,18)19/h3-5,7-8H,6H2,1-2H3,(H2,13,16)(H2,14,15,17)/t8-/m1/s1. The maximum absolute atomic E-state index is 11.6. The van der Waals surface area contributed by atoms with Crippen molar-refractivity contribution < 1.29 is 18.0 Å². The average Bonchev–Trinajstić information content (AvgIpc) is 2.26. The van der Waals surface area contributed by atoms with Crippen LogP contribution in [-0.2, 0) is 14.6 Å². The van der Waals surface area contributed by atoms with E-state index in [0.717, 1.165) is 6.26 Å². The highest BCUT2D eigenvalue weighted by molar-refractivity contribution is 7.90. The number of hydrogen-bond donors (Lipinski definition) is 3. The molecule has 0 fully saturated rings. The van der Waals surface area contributed by atoms with Crippen molar-refractivity contribution >= 4 is 27.5 Å². The molecule has 0 aliphatic carbocycles. The summed E-state index contributed by atoms with van der Waals surface area (Å²) in [5.41, 5.74) is 5.36. The van der Waals surface area contributed by atoms with E-state index in [9.17, 15) is 18.0 Å². The van der Waals surface area contributed by atoms with Gasteiger partial charge in [0.05, 0.1) is 4.90 Å². The van der Waals surface area contributed by atoms with E-state index in [1.807, 2.05) is 0 Å². The molecular formula is C12H17N3O4S. The SMILES string of the molecule is C[C@H](CC(N)=O)NC(=O)Nc1cccc(S(C)(=O)=O)c1. The van der Waals surface area contributed by atoms with Crippen LogP contribution in [0, 0.1) is 0 Å². The van der Waals surface area contributed by atoms with Crippen molar-refractivity contribution in [2.24, 2.45) is 5.73 Å². The molecule has 0 aliphatic rings. The molecule has 110 valence electrons. The molecule has 1 aromatic rings. The molecule has 0 heterocycles. The smallest absolute Gasteiger partial charge is 0.319 e. The van der Waals surface area contributed by atoms with Gasteiger partial charge in [0.15, 0.2) is 9.84 Å². The third-order valence-electron chi connectivity index (χ3n) is 2.40. The predicted octanol–water partition coefficient (Wildman–Crippen LogP) is 0.475. The van der Waals surface area contributed by atoms with Crippen LogP contribution in [-0.4, -0.2) is 32.7 Å². The Morgan fingerprint density at radius 3 is 2.55 bits per heavy atom. The summed E-state index contributed by atoms with van der Waals surface area (Å²) in [4.78, 5) is 22.4. The third kappa shape index (κ3) is 5.27. The van der Waals surface area contributed by atoms with Crippen LogP contribution in [0.5, 0.6) is 0 Å². The quantitative estimate of drug-likeness (QED) is 0.732. The second-order valence-electron chi connectivity index (χ2n) is 4.47. The zero-order valence-electron chi connectivity index (χ0n) is 11.2. The van der Waals surface area contributed by atoms with Crippen LogP contribution in [0.15, 0.2) is 29.2 Å². The van der Waals surface area contributed by atoms with Gasteiger partial charge in [0.25, 0.3) is 0 Å². The lowest BCUT2D eigenvalue weighted by molar-refractivity contribution is -0.118. The molecule has 0 saturated carbocycles. The summed E-state index contributed by atoms with van der Waals surface area (Å²) in [5.74, 6) is -0.517. The minimum atomic E-state index is -3.33. The van der Waals surface area contributed by atoms with Crippen molar-refractivity contribution in [1.82, 2.24) is 5.32 Å². The number of anilines is 1. The van der Waals surface area contributed by atoms with Crippen LogP contribution < -0.4 is 16.4 Å². The fraction of sp³-hybridized carbons (Fsp3) is 0.333. The molecule has 0 aliphatic heterocycles. The van der Waals surface area contributed by atoms with Crippen LogP contribution in [0.25, 0.3) is 0 Å². The second kappa shape index (κ2) is 6.38. The Bertz CT molecular complexity index is 613. The highest BCUT2D eigenvalue weighted by Crippen LogP contribution is 2.15. The Balaban J connectivity index is 2.69. The lowest BCUT2D eigenvalue weighted by Crippen LogP contribution is -2.38. The van der Waals surface area contributed by atoms with Crippen molar-refractivity contribution in [2.45, 2.75) is 24.3 Å². The molecule has 1 aromatic carbocycles. The summed E-state index contributed by atoms with van der Waals surface area (Å²) in [6, 6.07) is 4.93. The minimum Gasteiger partial charge on any atom is -0.370 e. The Labute approximate surface area is 117 Å². The van der Waals surface area contributed by atoms with Crippen LogP contribution in [0.2, 0.25) is 0 Å². The lowest BCUT2D eigenvalue weighted by Gasteiger charge is -2.13. The highest BCUT2D eigenvalue weighted by atomic mass is 32.2. The van der Waals surface area contributed by atoms with Gasteiger partial charge in [0.2, 0.25) is 5.91 Å². The number of carbonyl (C=O) groups is 2. The largest absolute Gasteiger partial charge is 0.370 e. The molecule has 0 unspecified atom stereocenters. The van der Waals surface area contributed by atoms with Crippen molar-refractivity contribution in [3.63, 3.8) is 0 Å². The van der Waals surface area contributed by atoms with Crippen molar-refractivity contribution in [2.75, 3.05) is 11.6 Å². The highest BCUT2D eigenvalue weighted by Gasteiger charge is 2.11. The first-order valence-electron chi connectivity index (χ1n) is 5.84. The van der Waals surface area contributed by atoms with Gasteiger partial charge in [0, 0.05) is 24.4 Å². The zero-order chi connectivity index (χ0) is 15.3. The maximum atomic E-state index is 11.6. The molecule has 8 heteroatoms. The molecule has 1 rings (SSSR count). The van der Waals surface area contributed by atoms with Gasteiger partial charge in [-0.25, -0.2) is 13.2 Å². The summed E-state index contributed by atoms with van der Waals surface area (Å²) in [6.07, 6.45) is 1.11. The van der Waals surface area contributed by atoms with Gasteiger partial charge in [-0.3, -0.25) is 4.79 Å². The number of amides is 3. The molecule has 0 saturated heterocycles. The fourth-order valence-corrected chi connectivity index (χ4v) is 2.22. The Morgan fingerprint density at radius 1 is 1.35 bits per heavy atom. The van der Waals surface area contributed by atoms with E-state index in [0.29, 0.717) is 5.69 Å². The van der Waals surface area contributed by atoms with Crippen LogP contribution >= 0.6 is 0 Å². The number of benzene rings is 1. The number of urea groups is 1. The Morgan fingerprint density at radius 2 is 2.00 bits per heavy atom. The summed E-state index contributed by atoms with van der Waals surface area (Å²) in [7, 11) is -3.33. The summed E-state index contributed by atoms with van der Waals surface area (Å²) in [6.45, 7) is 1.64. The van der Waals surface area contributed by atoms with Gasteiger partial charge >= 0.3 is 6.03 Å². The topological polar surface area (TPSA) is 118 Å². The number of hydrogen-bond acceptors (Lipinski definition) is 4. The number of primary amides is 1. The van der Waals surface area contributed by atoms with E-state index < -0.39 is 27.8 Å². The van der Waals surface area contributed by atoms with Gasteiger partial charge in [-0.1, -0.05) is 6.07 Å². The van der Waals surface area contributed by atoms with E-state index in [4.69, 9.17) is 5.73 Å². The molecule has 20 heavy (non-hydrogen) atoms. The van der Waals surface area contributed by atoms with E-state index in [1.54, 1.807) is 13.0 Å². The predicted molar refractivity (Wildman–Crippen MR) is 75.0 cm³/mol. The van der Waals surface area contributed by atoms with Gasteiger partial charge < -0.3 is 16.4 Å². The monoisotopic (exact) mass is 299 g/mol. The van der Waals surface area contributed by atoms with E-state index in [2.05, 4.69) is 10.6 Å². The van der Waals surface area contributed by atoms with E-state index >= 15 is 0 Å². The summed E-state index contributed by atoms with van der Waals surface area (Å²) >= 11 is 0. The summed E-state index contributed by atoms with van der Waals surface area (Å²) < 4.78 is 22.8. The molecule has 3 amide bonds. The number of nitrogens with two attached hydrogens (primary N) is 1. The minimum absolute atomic E-state index is 0.0246. The molecule has 0 bridgehead atoms. The zero-order valence-corrected chi connectivity index (χ0v) is 12.0. The number of nitrogens with one attached hydrogen (secondary N) is 2. The number of sulfone groups is 1. The van der Waals surface area contributed by atoms with Gasteiger partial charge in [-0.05, 0) is 25.1 Å². The lowest BCUT2D eigenvalue weighted by atomic mass is 10.2. The van der Waals surface area contributed by atoms with Crippen molar-refractivity contribution in [3.05, 3.63) is 24.3 Å². The summed E-state index contributed by atoms with van der Waals surface area (Å²) in [5, 5.41) is 5.01. The first-order chi connectivity index (χ1) is 9.18. The number of rotatable bonds is 5. The first-order valence-corrected chi connectivity index (χ1v) is 7.73. The fourth-order valence-electron chi connectivity index (χ4n) is 1.55. The molecule has 4 N–H and O–H groups in total. The van der Waals surface area contributed by atoms with E-state index in [1.165, 1.54) is 18.2 Å². The molecule has 1 atom stereocenters. The second-order valence-corrected chi connectivity index (χ2v) is 6.49. The third-order valence-corrected chi connectivity index (χ3v) is 3.52. The van der Waals surface area contributed by atoms with Gasteiger partial charge in [-0.2, -0.15) is 0 Å². The van der Waals surface area contributed by atoms with Crippen molar-refractivity contribution in [3.8, 4) is 0 Å². The van der Waals surface area contributed by atoms with Crippen LogP contribution in [0.1, 0.15) is 13.3 Å². The Kier molecular flexibility index (Phi) is 5.09. The molecule has 0 radical (unpaired) electrons. The molecule has 7 nitrogen and oxygen atoms in total. The normalized spacial score (nSPS) is 12.5. The number of carbonyl (C=O) groups excluding carboxylic acids is 2. The first kappa shape index (κ1) is 16.0. The van der Waals surface area contributed by atoms with Crippen molar-refractivity contribution in [1.29, 1.82) is 0 Å². The van der Waals surface area contributed by atoms with Gasteiger partial charge in [-0.15, -0.1) is 0 Å². The molecule has 0 aromatic heterocycles. The van der Waals surface area contributed by atoms with Gasteiger partial charge in [0.1, 0.15) is 0 Å². The van der Waals surface area contributed by atoms with E-state index in [-0.39, 0.29) is 11.3 Å². The average molecular weight is 299 g/mol. The maximum Gasteiger partial charge on any atom is 0.319 e. The molecular weight excluding hydrogens is 282 g/mol. The Hall–Kier alpha value is -2.09. The molecule has 0 spiro atoms. The van der Waals surface area contributed by atoms with Crippen LogP contribution in [0.4, 0.5) is 10.5 Å². The van der Waals surface area contributed by atoms with Crippen LogP contribution in [0.3, 0.4) is 0 Å².